The Balaban J connectivity index is 1.90. The number of phenolic OH excluding ortho intramolecular Hbond substituents is 2. The van der Waals surface area contributed by atoms with Crippen LogP contribution in [0.5, 0.6) is 17.2 Å². The van der Waals surface area contributed by atoms with Gasteiger partial charge in [0.05, 0.1) is 11.1 Å². The summed E-state index contributed by atoms with van der Waals surface area (Å²) in [6.07, 6.45) is 4.97. The van der Waals surface area contributed by atoms with Gasteiger partial charge in [-0.25, -0.2) is 4.79 Å². The van der Waals surface area contributed by atoms with Crippen molar-refractivity contribution in [3.63, 3.8) is 0 Å². The molecule has 0 aliphatic carbocycles. The molecule has 0 saturated heterocycles. The van der Waals surface area contributed by atoms with Gasteiger partial charge in [0.2, 0.25) is 0 Å². The summed E-state index contributed by atoms with van der Waals surface area (Å²) >= 11 is 0. The fourth-order valence-corrected chi connectivity index (χ4v) is 2.70. The summed E-state index contributed by atoms with van der Waals surface area (Å²) in [5.41, 5.74) is 2.06. The molecule has 0 spiro atoms. The molecule has 3 aromatic carbocycles. The zero-order chi connectivity index (χ0) is 19.2. The van der Waals surface area contributed by atoms with Gasteiger partial charge in [0.15, 0.2) is 0 Å². The van der Waals surface area contributed by atoms with E-state index < -0.39 is 5.97 Å². The smallest absolute Gasteiger partial charge is 0.343 e. The minimum atomic E-state index is -0.539. The van der Waals surface area contributed by atoms with Crippen molar-refractivity contribution >= 4 is 12.0 Å². The molecule has 3 rings (SSSR count). The minimum Gasteiger partial charge on any atom is -0.507 e. The van der Waals surface area contributed by atoms with Crippen molar-refractivity contribution in [3.8, 4) is 28.4 Å². The average molecular weight is 360 g/mol. The molecular formula is C23H20O4. The largest absolute Gasteiger partial charge is 0.507 e. The fourth-order valence-electron chi connectivity index (χ4n) is 2.70. The number of aromatic hydroxyl groups is 2. The third kappa shape index (κ3) is 4.18. The van der Waals surface area contributed by atoms with Gasteiger partial charge in [-0.2, -0.15) is 0 Å². The van der Waals surface area contributed by atoms with E-state index in [1.54, 1.807) is 42.5 Å². The Morgan fingerprint density at radius 3 is 2.33 bits per heavy atom. The molecule has 136 valence electrons. The number of hydrogen-bond acceptors (Lipinski definition) is 4. The first kappa shape index (κ1) is 18.3. The van der Waals surface area contributed by atoms with E-state index in [1.165, 1.54) is 12.1 Å². The van der Waals surface area contributed by atoms with Gasteiger partial charge in [-0.1, -0.05) is 55.5 Å². The van der Waals surface area contributed by atoms with E-state index in [-0.39, 0.29) is 22.8 Å². The molecule has 0 unspecified atom stereocenters. The molecule has 0 aliphatic rings. The number of hydrogen-bond donors (Lipinski definition) is 2. The lowest BCUT2D eigenvalue weighted by molar-refractivity contribution is 0.0735. The van der Waals surface area contributed by atoms with E-state index in [0.29, 0.717) is 11.1 Å². The van der Waals surface area contributed by atoms with E-state index in [1.807, 2.05) is 24.3 Å². The first-order chi connectivity index (χ1) is 13.1. The van der Waals surface area contributed by atoms with Crippen LogP contribution in [0.4, 0.5) is 0 Å². The van der Waals surface area contributed by atoms with Crippen LogP contribution in [0.1, 0.15) is 29.3 Å². The number of para-hydroxylation sites is 1. The van der Waals surface area contributed by atoms with Crippen LogP contribution in [-0.4, -0.2) is 16.2 Å². The Labute approximate surface area is 158 Å². The van der Waals surface area contributed by atoms with Gasteiger partial charge in [0, 0.05) is 5.56 Å². The van der Waals surface area contributed by atoms with Crippen molar-refractivity contribution in [2.45, 2.75) is 13.3 Å². The highest BCUT2D eigenvalue weighted by atomic mass is 16.5. The second-order valence-corrected chi connectivity index (χ2v) is 5.99. The molecule has 27 heavy (non-hydrogen) atoms. The number of carbonyl (C=O) groups excluding carboxylic acids is 1. The zero-order valence-corrected chi connectivity index (χ0v) is 14.9. The maximum Gasteiger partial charge on any atom is 0.343 e. The quantitative estimate of drug-likeness (QED) is 0.472. The molecule has 0 heterocycles. The van der Waals surface area contributed by atoms with Gasteiger partial charge in [-0.05, 0) is 42.3 Å². The SMILES string of the molecule is CCC=Cc1ccc(C(=O)Oc2cccc(O)c2-c2ccccc2O)cc1. The topological polar surface area (TPSA) is 66.8 Å². The third-order valence-corrected chi connectivity index (χ3v) is 4.07. The molecule has 0 radical (unpaired) electrons. The normalized spacial score (nSPS) is 10.9. The molecule has 3 aromatic rings. The van der Waals surface area contributed by atoms with Crippen molar-refractivity contribution in [1.29, 1.82) is 0 Å². The fraction of sp³-hybridized carbons (Fsp3) is 0.0870. The van der Waals surface area contributed by atoms with Crippen molar-refractivity contribution in [2.24, 2.45) is 0 Å². The highest BCUT2D eigenvalue weighted by molar-refractivity contribution is 5.93. The predicted octanol–water partition coefficient (Wildman–Crippen LogP) is 5.41. The lowest BCUT2D eigenvalue weighted by Crippen LogP contribution is -2.09. The van der Waals surface area contributed by atoms with Crippen molar-refractivity contribution in [2.75, 3.05) is 0 Å². The summed E-state index contributed by atoms with van der Waals surface area (Å²) in [5.74, 6) is -0.454. The van der Waals surface area contributed by atoms with Gasteiger partial charge in [0.25, 0.3) is 0 Å². The molecule has 4 nitrogen and oxygen atoms in total. The molecule has 0 atom stereocenters. The Bertz CT molecular complexity index is 972. The lowest BCUT2D eigenvalue weighted by Gasteiger charge is -2.13. The van der Waals surface area contributed by atoms with E-state index >= 15 is 0 Å². The van der Waals surface area contributed by atoms with Crippen LogP contribution in [0, 0.1) is 0 Å². The number of phenols is 2. The van der Waals surface area contributed by atoms with Crippen LogP contribution in [0.3, 0.4) is 0 Å². The lowest BCUT2D eigenvalue weighted by atomic mass is 10.0. The zero-order valence-electron chi connectivity index (χ0n) is 14.9. The van der Waals surface area contributed by atoms with Crippen molar-refractivity contribution < 1.29 is 19.7 Å². The molecule has 0 amide bonds. The van der Waals surface area contributed by atoms with Crippen LogP contribution in [0.15, 0.2) is 72.8 Å². The van der Waals surface area contributed by atoms with E-state index in [4.69, 9.17) is 4.74 Å². The number of rotatable bonds is 5. The van der Waals surface area contributed by atoms with Gasteiger partial charge in [-0.15, -0.1) is 0 Å². The monoisotopic (exact) mass is 360 g/mol. The number of esters is 1. The molecule has 0 fully saturated rings. The minimum absolute atomic E-state index is 0.0108. The maximum atomic E-state index is 12.5. The van der Waals surface area contributed by atoms with Crippen LogP contribution in [0.2, 0.25) is 0 Å². The summed E-state index contributed by atoms with van der Waals surface area (Å²) in [5, 5.41) is 20.4. The highest BCUT2D eigenvalue weighted by Gasteiger charge is 2.18. The Hall–Kier alpha value is -3.53. The summed E-state index contributed by atoms with van der Waals surface area (Å²) in [7, 11) is 0. The van der Waals surface area contributed by atoms with Crippen LogP contribution >= 0.6 is 0 Å². The van der Waals surface area contributed by atoms with Crippen LogP contribution in [-0.2, 0) is 0 Å². The average Bonchev–Trinajstić information content (AvgIpc) is 2.68. The number of ether oxygens (including phenoxy) is 1. The standard InChI is InChI=1S/C23H20O4/c1-2-3-7-16-12-14-17(15-13-16)23(26)27-21-11-6-10-20(25)22(21)18-8-4-5-9-19(18)24/h3-15,24-25H,2H2,1H3. The first-order valence-corrected chi connectivity index (χ1v) is 8.69. The predicted molar refractivity (Wildman–Crippen MR) is 106 cm³/mol. The molecule has 0 saturated carbocycles. The second kappa shape index (κ2) is 8.23. The Morgan fingerprint density at radius 2 is 1.63 bits per heavy atom. The van der Waals surface area contributed by atoms with Crippen molar-refractivity contribution in [3.05, 3.63) is 83.9 Å². The summed E-state index contributed by atoms with van der Waals surface area (Å²) in [4.78, 5) is 12.5. The first-order valence-electron chi connectivity index (χ1n) is 8.69. The van der Waals surface area contributed by atoms with Gasteiger partial charge >= 0.3 is 5.97 Å². The highest BCUT2D eigenvalue weighted by Crippen LogP contribution is 2.41. The van der Waals surface area contributed by atoms with E-state index in [2.05, 4.69) is 6.92 Å². The Morgan fingerprint density at radius 1 is 0.926 bits per heavy atom. The Kier molecular flexibility index (Phi) is 5.57. The van der Waals surface area contributed by atoms with Crippen molar-refractivity contribution in [1.82, 2.24) is 0 Å². The van der Waals surface area contributed by atoms with E-state index in [9.17, 15) is 15.0 Å². The van der Waals surface area contributed by atoms with Crippen LogP contribution < -0.4 is 4.74 Å². The maximum absolute atomic E-state index is 12.5. The van der Waals surface area contributed by atoms with Gasteiger partial charge in [-0.3, -0.25) is 0 Å². The molecular weight excluding hydrogens is 340 g/mol. The molecule has 0 aliphatic heterocycles. The number of carbonyl (C=O) groups is 1. The van der Waals surface area contributed by atoms with Gasteiger partial charge in [0.1, 0.15) is 17.2 Å². The summed E-state index contributed by atoms with van der Waals surface area (Å²) in [6, 6.07) is 18.3. The molecule has 0 aromatic heterocycles. The molecule has 0 bridgehead atoms. The second-order valence-electron chi connectivity index (χ2n) is 5.99. The van der Waals surface area contributed by atoms with E-state index in [0.717, 1.165) is 12.0 Å². The summed E-state index contributed by atoms with van der Waals surface area (Å²) < 4.78 is 5.51. The third-order valence-electron chi connectivity index (χ3n) is 4.07. The van der Waals surface area contributed by atoms with Crippen LogP contribution in [0.25, 0.3) is 17.2 Å². The molecule has 2 N–H and O–H groups in total. The van der Waals surface area contributed by atoms with Gasteiger partial charge < -0.3 is 14.9 Å². The number of benzene rings is 3. The number of allylic oxidation sites excluding steroid dienone is 1. The molecule has 4 heteroatoms. The summed E-state index contributed by atoms with van der Waals surface area (Å²) in [6.45, 7) is 2.06.